The molecule has 0 saturated heterocycles. The second kappa shape index (κ2) is 5.95. The van der Waals surface area contributed by atoms with E-state index in [9.17, 15) is 0 Å². The lowest BCUT2D eigenvalue weighted by Gasteiger charge is -2.09. The molecule has 90 valence electrons. The first-order chi connectivity index (χ1) is 8.31. The summed E-state index contributed by atoms with van der Waals surface area (Å²) in [6.45, 7) is 0.820. The lowest BCUT2D eigenvalue weighted by molar-refractivity contribution is 1.01. The maximum absolute atomic E-state index is 5.33. The summed E-state index contributed by atoms with van der Waals surface area (Å²) in [5, 5.41) is 5.31. The molecule has 0 fully saturated rings. The Bertz CT molecular complexity index is 474. The van der Waals surface area contributed by atoms with E-state index >= 15 is 0 Å². The average Bonchev–Trinajstić information content (AvgIpc) is 2.84. The molecular weight excluding hydrogens is 302 g/mol. The zero-order chi connectivity index (χ0) is 12.1. The highest BCUT2D eigenvalue weighted by atomic mass is 79.9. The zero-order valence-corrected chi connectivity index (χ0v) is 11.4. The molecule has 0 atom stereocenters. The third-order valence-electron chi connectivity index (χ3n) is 2.17. The van der Waals surface area contributed by atoms with Gasteiger partial charge in [-0.15, -0.1) is 11.3 Å². The molecule has 4 N–H and O–H groups in total. The maximum Gasteiger partial charge on any atom is 0.159 e. The van der Waals surface area contributed by atoms with Crippen LogP contribution in [-0.4, -0.2) is 16.5 Å². The van der Waals surface area contributed by atoms with Crippen molar-refractivity contribution in [3.05, 3.63) is 33.2 Å². The maximum atomic E-state index is 5.33. The normalized spacial score (nSPS) is 10.2. The van der Waals surface area contributed by atoms with Crippen molar-refractivity contribution >= 4 is 38.9 Å². The molecule has 0 aliphatic carbocycles. The Labute approximate surface area is 112 Å². The van der Waals surface area contributed by atoms with Crippen LogP contribution in [0.1, 0.15) is 4.88 Å². The third kappa shape index (κ3) is 3.15. The number of thiophene rings is 1. The number of aromatic nitrogens is 2. The number of nitrogens with zero attached hydrogens (tertiary/aromatic N) is 2. The van der Waals surface area contributed by atoms with Crippen LogP contribution in [0.3, 0.4) is 0 Å². The van der Waals surface area contributed by atoms with E-state index in [2.05, 4.69) is 54.2 Å². The SMILES string of the molecule is NNc1ncnc(NCCc2cccs2)c1Br. The van der Waals surface area contributed by atoms with Gasteiger partial charge in [-0.2, -0.15) is 0 Å². The summed E-state index contributed by atoms with van der Waals surface area (Å²) >= 11 is 5.15. The predicted molar refractivity (Wildman–Crippen MR) is 74.1 cm³/mol. The third-order valence-corrected chi connectivity index (χ3v) is 3.86. The van der Waals surface area contributed by atoms with E-state index in [4.69, 9.17) is 5.84 Å². The van der Waals surface area contributed by atoms with Crippen LogP contribution in [0.2, 0.25) is 0 Å². The van der Waals surface area contributed by atoms with E-state index in [1.165, 1.54) is 11.2 Å². The fraction of sp³-hybridized carbons (Fsp3) is 0.200. The van der Waals surface area contributed by atoms with Crippen molar-refractivity contribution in [2.24, 2.45) is 5.84 Å². The van der Waals surface area contributed by atoms with Crippen LogP contribution in [0.4, 0.5) is 11.6 Å². The first-order valence-electron chi connectivity index (χ1n) is 5.04. The van der Waals surface area contributed by atoms with Gasteiger partial charge in [0.2, 0.25) is 0 Å². The highest BCUT2D eigenvalue weighted by Gasteiger charge is 2.06. The summed E-state index contributed by atoms with van der Waals surface area (Å²) in [7, 11) is 0. The van der Waals surface area contributed by atoms with Crippen LogP contribution in [-0.2, 0) is 6.42 Å². The van der Waals surface area contributed by atoms with Crippen molar-refractivity contribution in [2.75, 3.05) is 17.3 Å². The molecule has 17 heavy (non-hydrogen) atoms. The molecule has 2 rings (SSSR count). The zero-order valence-electron chi connectivity index (χ0n) is 8.98. The predicted octanol–water partition coefficient (Wildman–Crippen LogP) is 2.24. The Morgan fingerprint density at radius 3 is 2.88 bits per heavy atom. The molecule has 0 aliphatic rings. The van der Waals surface area contributed by atoms with E-state index in [0.717, 1.165) is 23.3 Å². The minimum Gasteiger partial charge on any atom is -0.369 e. The van der Waals surface area contributed by atoms with Gasteiger partial charge in [-0.25, -0.2) is 15.8 Å². The number of halogens is 1. The Balaban J connectivity index is 1.95. The van der Waals surface area contributed by atoms with Gasteiger partial charge < -0.3 is 10.7 Å². The summed E-state index contributed by atoms with van der Waals surface area (Å²) < 4.78 is 0.744. The number of rotatable bonds is 5. The van der Waals surface area contributed by atoms with Crippen LogP contribution in [0.5, 0.6) is 0 Å². The molecule has 2 aromatic heterocycles. The molecule has 0 radical (unpaired) electrons. The first kappa shape index (κ1) is 12.3. The van der Waals surface area contributed by atoms with Gasteiger partial charge in [0.05, 0.1) is 0 Å². The summed E-state index contributed by atoms with van der Waals surface area (Å²) in [4.78, 5) is 9.47. The van der Waals surface area contributed by atoms with Gasteiger partial charge in [0.1, 0.15) is 16.6 Å². The van der Waals surface area contributed by atoms with Gasteiger partial charge in [-0.3, -0.25) is 0 Å². The van der Waals surface area contributed by atoms with Crippen molar-refractivity contribution in [2.45, 2.75) is 6.42 Å². The molecule has 0 aromatic carbocycles. The summed E-state index contributed by atoms with van der Waals surface area (Å²) in [6, 6.07) is 4.17. The van der Waals surface area contributed by atoms with Crippen LogP contribution in [0.15, 0.2) is 28.3 Å². The fourth-order valence-electron chi connectivity index (χ4n) is 1.35. The number of nitrogens with two attached hydrogens (primary N) is 1. The minimum atomic E-state index is 0.568. The molecule has 5 nitrogen and oxygen atoms in total. The Kier molecular flexibility index (Phi) is 4.29. The summed E-state index contributed by atoms with van der Waals surface area (Å²) in [6.07, 6.45) is 2.44. The largest absolute Gasteiger partial charge is 0.369 e. The molecule has 0 aliphatic heterocycles. The first-order valence-corrected chi connectivity index (χ1v) is 6.72. The lowest BCUT2D eigenvalue weighted by atomic mass is 10.3. The highest BCUT2D eigenvalue weighted by Crippen LogP contribution is 2.25. The van der Waals surface area contributed by atoms with E-state index < -0.39 is 0 Å². The van der Waals surface area contributed by atoms with Gasteiger partial charge in [0, 0.05) is 11.4 Å². The van der Waals surface area contributed by atoms with E-state index in [-0.39, 0.29) is 0 Å². The number of hydrazine groups is 1. The molecule has 0 spiro atoms. The van der Waals surface area contributed by atoms with Crippen molar-refractivity contribution in [1.29, 1.82) is 0 Å². The quantitative estimate of drug-likeness (QED) is 0.583. The molecule has 7 heteroatoms. The van der Waals surface area contributed by atoms with Gasteiger partial charge in [0.15, 0.2) is 5.82 Å². The van der Waals surface area contributed by atoms with Crippen LogP contribution in [0, 0.1) is 0 Å². The van der Waals surface area contributed by atoms with Crippen molar-refractivity contribution in [3.8, 4) is 0 Å². The monoisotopic (exact) mass is 313 g/mol. The van der Waals surface area contributed by atoms with Gasteiger partial charge in [-0.1, -0.05) is 6.07 Å². The standard InChI is InChI=1S/C10H12BrN5S/c11-8-9(14-6-15-10(8)16-12)13-4-3-7-2-1-5-17-7/h1-2,5-6H,3-4,12H2,(H2,13,14,15,16). The highest BCUT2D eigenvalue weighted by molar-refractivity contribution is 9.10. The molecule has 0 unspecified atom stereocenters. The van der Waals surface area contributed by atoms with E-state index in [1.54, 1.807) is 11.3 Å². The second-order valence-corrected chi connectivity index (χ2v) is 5.11. The number of anilines is 2. The minimum absolute atomic E-state index is 0.568. The molecule has 0 bridgehead atoms. The Hall–Kier alpha value is -1.18. The molecular formula is C10H12BrN5S. The number of nitrogen functional groups attached to an aromatic ring is 1. The smallest absolute Gasteiger partial charge is 0.159 e. The fourth-order valence-corrected chi connectivity index (χ4v) is 2.52. The van der Waals surface area contributed by atoms with Gasteiger partial charge in [-0.05, 0) is 33.8 Å². The van der Waals surface area contributed by atoms with Crippen LogP contribution in [0.25, 0.3) is 0 Å². The number of hydrogen-bond acceptors (Lipinski definition) is 6. The molecule has 2 aromatic rings. The molecule has 2 heterocycles. The van der Waals surface area contributed by atoms with E-state index in [1.807, 2.05) is 0 Å². The summed E-state index contributed by atoms with van der Waals surface area (Å²) in [5.41, 5.74) is 2.50. The Morgan fingerprint density at radius 2 is 2.18 bits per heavy atom. The van der Waals surface area contributed by atoms with Crippen molar-refractivity contribution in [3.63, 3.8) is 0 Å². The van der Waals surface area contributed by atoms with Crippen molar-refractivity contribution < 1.29 is 0 Å². The average molecular weight is 314 g/mol. The number of nitrogens with one attached hydrogen (secondary N) is 2. The van der Waals surface area contributed by atoms with Gasteiger partial charge in [0.25, 0.3) is 0 Å². The lowest BCUT2D eigenvalue weighted by Crippen LogP contribution is -2.12. The Morgan fingerprint density at radius 1 is 1.35 bits per heavy atom. The summed E-state index contributed by atoms with van der Waals surface area (Å²) in [5.74, 6) is 6.64. The molecule has 0 saturated carbocycles. The van der Waals surface area contributed by atoms with Crippen LogP contribution < -0.4 is 16.6 Å². The number of hydrogen-bond donors (Lipinski definition) is 3. The van der Waals surface area contributed by atoms with Crippen molar-refractivity contribution in [1.82, 2.24) is 9.97 Å². The van der Waals surface area contributed by atoms with Gasteiger partial charge >= 0.3 is 0 Å². The topological polar surface area (TPSA) is 75.9 Å². The molecule has 0 amide bonds. The van der Waals surface area contributed by atoms with E-state index in [0.29, 0.717) is 5.82 Å². The van der Waals surface area contributed by atoms with Crippen LogP contribution >= 0.6 is 27.3 Å². The second-order valence-electron chi connectivity index (χ2n) is 3.29.